The maximum absolute atomic E-state index is 12.8. The van der Waals surface area contributed by atoms with Gasteiger partial charge in [0.15, 0.2) is 0 Å². The van der Waals surface area contributed by atoms with E-state index in [1.165, 1.54) is 0 Å². The SMILES string of the molecule is CC1C2CC3C1OS(=O)(=O)C3C2CF. The quantitative estimate of drug-likeness (QED) is 0.618. The molecule has 0 aromatic heterocycles. The monoisotopic (exact) mass is 220 g/mol. The Kier molecular flexibility index (Phi) is 1.62. The van der Waals surface area contributed by atoms with Gasteiger partial charge < -0.3 is 0 Å². The van der Waals surface area contributed by atoms with Crippen molar-refractivity contribution < 1.29 is 17.0 Å². The highest BCUT2D eigenvalue weighted by Gasteiger charge is 2.67. The molecule has 3 fully saturated rings. The average molecular weight is 220 g/mol. The normalized spacial score (nSPS) is 58.1. The Balaban J connectivity index is 2.09. The second-order valence-corrected chi connectivity index (χ2v) is 6.48. The third kappa shape index (κ3) is 0.834. The van der Waals surface area contributed by atoms with Crippen LogP contribution in [0.4, 0.5) is 4.39 Å². The van der Waals surface area contributed by atoms with Gasteiger partial charge in [-0.1, -0.05) is 6.92 Å². The average Bonchev–Trinajstić information content (AvgIpc) is 2.67. The summed E-state index contributed by atoms with van der Waals surface area (Å²) in [5, 5.41) is -0.543. The van der Waals surface area contributed by atoms with E-state index in [9.17, 15) is 12.8 Å². The molecule has 2 saturated carbocycles. The molecule has 1 heterocycles. The van der Waals surface area contributed by atoms with Crippen molar-refractivity contribution in [2.75, 3.05) is 6.67 Å². The molecule has 0 amide bonds. The van der Waals surface area contributed by atoms with E-state index in [1.807, 2.05) is 6.92 Å². The molecular formula is C9H13FO3S. The Labute approximate surface area is 82.8 Å². The van der Waals surface area contributed by atoms with Crippen LogP contribution in [0.1, 0.15) is 13.3 Å². The maximum Gasteiger partial charge on any atom is 0.271 e. The Morgan fingerprint density at radius 2 is 2.14 bits per heavy atom. The minimum atomic E-state index is -3.47. The van der Waals surface area contributed by atoms with Gasteiger partial charge in [0.05, 0.1) is 18.0 Å². The lowest BCUT2D eigenvalue weighted by atomic mass is 9.80. The van der Waals surface area contributed by atoms with Gasteiger partial charge >= 0.3 is 0 Å². The van der Waals surface area contributed by atoms with E-state index in [-0.39, 0.29) is 29.8 Å². The molecule has 0 N–H and O–H groups in total. The fourth-order valence-electron chi connectivity index (χ4n) is 3.75. The van der Waals surface area contributed by atoms with E-state index in [4.69, 9.17) is 4.18 Å². The highest BCUT2D eigenvalue weighted by Crippen LogP contribution is 2.59. The van der Waals surface area contributed by atoms with Crippen LogP contribution >= 0.6 is 0 Å². The second-order valence-electron chi connectivity index (χ2n) is 4.76. The molecule has 1 saturated heterocycles. The fraction of sp³-hybridized carbons (Fsp3) is 1.00. The lowest BCUT2D eigenvalue weighted by Crippen LogP contribution is -2.36. The zero-order valence-corrected chi connectivity index (χ0v) is 8.71. The van der Waals surface area contributed by atoms with Crippen molar-refractivity contribution in [3.05, 3.63) is 0 Å². The van der Waals surface area contributed by atoms with Crippen LogP contribution in [0.25, 0.3) is 0 Å². The number of halogens is 1. The number of rotatable bonds is 1. The molecule has 5 heteroatoms. The van der Waals surface area contributed by atoms with Gasteiger partial charge in [-0.25, -0.2) is 0 Å². The predicted molar refractivity (Wildman–Crippen MR) is 47.8 cm³/mol. The number of alkyl halides is 1. The third-order valence-electron chi connectivity index (χ3n) is 4.31. The molecule has 0 spiro atoms. The van der Waals surface area contributed by atoms with Crippen molar-refractivity contribution in [1.82, 2.24) is 0 Å². The minimum Gasteiger partial charge on any atom is -0.266 e. The summed E-state index contributed by atoms with van der Waals surface area (Å²) in [6.45, 7) is 1.46. The van der Waals surface area contributed by atoms with Crippen LogP contribution < -0.4 is 0 Å². The Morgan fingerprint density at radius 3 is 2.79 bits per heavy atom. The standard InChI is InChI=1S/C9H13FO3S/c1-4-5-2-6-8(4)13-14(11,12)9(6)7(5)3-10/h4-9H,2-3H2,1H3. The highest BCUT2D eigenvalue weighted by atomic mass is 32.2. The molecule has 3 nitrogen and oxygen atoms in total. The lowest BCUT2D eigenvalue weighted by molar-refractivity contribution is 0.110. The van der Waals surface area contributed by atoms with Gasteiger partial charge in [-0.2, -0.15) is 8.42 Å². The van der Waals surface area contributed by atoms with Gasteiger partial charge in [-0.05, 0) is 18.3 Å². The first kappa shape index (κ1) is 9.09. The van der Waals surface area contributed by atoms with Crippen molar-refractivity contribution in [3.8, 4) is 0 Å². The van der Waals surface area contributed by atoms with Crippen molar-refractivity contribution in [1.29, 1.82) is 0 Å². The smallest absolute Gasteiger partial charge is 0.266 e. The zero-order valence-electron chi connectivity index (χ0n) is 7.89. The summed E-state index contributed by atoms with van der Waals surface area (Å²) in [5.74, 6) is 0.186. The van der Waals surface area contributed by atoms with Crippen molar-refractivity contribution in [2.45, 2.75) is 24.7 Å². The largest absolute Gasteiger partial charge is 0.271 e. The molecule has 1 aliphatic heterocycles. The van der Waals surface area contributed by atoms with Crippen molar-refractivity contribution >= 4 is 10.1 Å². The van der Waals surface area contributed by atoms with Gasteiger partial charge in [-0.3, -0.25) is 8.57 Å². The molecular weight excluding hydrogens is 207 g/mol. The van der Waals surface area contributed by atoms with Crippen LogP contribution in [0.2, 0.25) is 0 Å². The topological polar surface area (TPSA) is 43.4 Å². The van der Waals surface area contributed by atoms with Gasteiger partial charge in [0.2, 0.25) is 0 Å². The third-order valence-corrected chi connectivity index (χ3v) is 6.17. The molecule has 2 bridgehead atoms. The molecule has 14 heavy (non-hydrogen) atoms. The van der Waals surface area contributed by atoms with Gasteiger partial charge in [0.1, 0.15) is 0 Å². The summed E-state index contributed by atoms with van der Waals surface area (Å²) >= 11 is 0. The summed E-state index contributed by atoms with van der Waals surface area (Å²) in [6, 6.07) is 0. The van der Waals surface area contributed by atoms with E-state index < -0.39 is 22.0 Å². The lowest BCUT2D eigenvalue weighted by Gasteiger charge is -2.27. The van der Waals surface area contributed by atoms with Crippen LogP contribution in [0.3, 0.4) is 0 Å². The van der Waals surface area contributed by atoms with Gasteiger partial charge in [-0.15, -0.1) is 0 Å². The van der Waals surface area contributed by atoms with Crippen LogP contribution in [0, 0.1) is 23.7 Å². The molecule has 80 valence electrons. The van der Waals surface area contributed by atoms with Crippen LogP contribution in [0.15, 0.2) is 0 Å². The fourth-order valence-corrected chi connectivity index (χ4v) is 5.90. The van der Waals surface area contributed by atoms with E-state index in [1.54, 1.807) is 0 Å². The molecule has 2 aliphatic carbocycles. The van der Waals surface area contributed by atoms with E-state index in [2.05, 4.69) is 0 Å². The molecule has 0 radical (unpaired) electrons. The summed E-state index contributed by atoms with van der Waals surface area (Å²) < 4.78 is 41.1. The molecule has 0 aromatic carbocycles. The van der Waals surface area contributed by atoms with Crippen LogP contribution in [0.5, 0.6) is 0 Å². The van der Waals surface area contributed by atoms with E-state index in [0.29, 0.717) is 0 Å². The Hall–Kier alpha value is -0.160. The Bertz CT molecular complexity index is 366. The highest BCUT2D eigenvalue weighted by molar-refractivity contribution is 7.87. The summed E-state index contributed by atoms with van der Waals surface area (Å²) in [5.41, 5.74) is 0. The Morgan fingerprint density at radius 1 is 1.43 bits per heavy atom. The van der Waals surface area contributed by atoms with Crippen LogP contribution in [-0.2, 0) is 14.3 Å². The maximum atomic E-state index is 12.8. The first-order valence-corrected chi connectivity index (χ1v) is 6.51. The predicted octanol–water partition coefficient (Wildman–Crippen LogP) is 0.955. The van der Waals surface area contributed by atoms with Crippen molar-refractivity contribution in [3.63, 3.8) is 0 Å². The second kappa shape index (κ2) is 2.50. The summed E-state index contributed by atoms with van der Waals surface area (Å²) in [7, 11) is -3.47. The molecule has 3 rings (SSSR count). The van der Waals surface area contributed by atoms with Gasteiger partial charge in [0.25, 0.3) is 10.1 Å². The van der Waals surface area contributed by atoms with E-state index >= 15 is 0 Å². The zero-order chi connectivity index (χ0) is 10.1. The number of hydrogen-bond donors (Lipinski definition) is 0. The van der Waals surface area contributed by atoms with Gasteiger partial charge in [0, 0.05) is 11.8 Å². The first-order valence-electron chi connectivity index (χ1n) is 5.04. The first-order chi connectivity index (χ1) is 6.56. The number of fused-ring (bicyclic) bond motifs is 1. The molecule has 3 aliphatic rings. The molecule has 6 atom stereocenters. The minimum absolute atomic E-state index is 0.0701. The number of hydrogen-bond acceptors (Lipinski definition) is 3. The summed E-state index contributed by atoms with van der Waals surface area (Å²) in [6.07, 6.45) is 0.683. The van der Waals surface area contributed by atoms with Crippen LogP contribution in [-0.4, -0.2) is 26.4 Å². The summed E-state index contributed by atoms with van der Waals surface area (Å²) in [4.78, 5) is 0. The molecule has 6 unspecified atom stereocenters. The van der Waals surface area contributed by atoms with E-state index in [0.717, 1.165) is 6.42 Å². The molecule has 0 aromatic rings. The van der Waals surface area contributed by atoms with Crippen molar-refractivity contribution in [2.24, 2.45) is 23.7 Å².